The van der Waals surface area contributed by atoms with Gasteiger partial charge in [-0.15, -0.1) is 11.3 Å². The van der Waals surface area contributed by atoms with Crippen LogP contribution >= 0.6 is 34.5 Å². The summed E-state index contributed by atoms with van der Waals surface area (Å²) in [6.45, 7) is 0. The Morgan fingerprint density at radius 3 is 2.72 bits per heavy atom. The van der Waals surface area contributed by atoms with Crippen LogP contribution < -0.4 is 0 Å². The van der Waals surface area contributed by atoms with Crippen molar-refractivity contribution in [1.82, 2.24) is 0 Å². The summed E-state index contributed by atoms with van der Waals surface area (Å²) in [7, 11) is 0. The Kier molecular flexibility index (Phi) is 2.70. The molecule has 0 aliphatic rings. The highest BCUT2D eigenvalue weighted by atomic mass is 35.5. The topological polar surface area (TPSA) is 37.3 Å². The highest BCUT2D eigenvalue weighted by molar-refractivity contribution is 7.18. The van der Waals surface area contributed by atoms with E-state index in [-0.39, 0.29) is 5.56 Å². The minimum atomic E-state index is -0.989. The smallest absolute Gasteiger partial charge is 0.336 e. The molecule has 18 heavy (non-hydrogen) atoms. The molecule has 0 unspecified atom stereocenters. The van der Waals surface area contributed by atoms with Gasteiger partial charge in [0.15, 0.2) is 0 Å². The van der Waals surface area contributed by atoms with Gasteiger partial charge in [-0.2, -0.15) is 0 Å². The second-order valence-corrected chi connectivity index (χ2v) is 5.64. The standard InChI is InChI=1S/C13H6Cl2O2S/c14-7-4-8-11(10(15)5-7)9(13(16)17)3-6-1-2-18-12(6)8/h1-5H,(H,16,17). The number of thiophene rings is 1. The minimum absolute atomic E-state index is 0.206. The number of halogens is 2. The Bertz CT molecular complexity index is 792. The normalized spacial score (nSPS) is 11.2. The van der Waals surface area contributed by atoms with Gasteiger partial charge in [-0.25, -0.2) is 4.79 Å². The summed E-state index contributed by atoms with van der Waals surface area (Å²) in [5.41, 5.74) is 0.206. The molecule has 0 spiro atoms. The fraction of sp³-hybridized carbons (Fsp3) is 0. The maximum atomic E-state index is 11.3. The fourth-order valence-corrected chi connectivity index (χ4v) is 3.57. The number of carbonyl (C=O) groups is 1. The maximum Gasteiger partial charge on any atom is 0.336 e. The Labute approximate surface area is 116 Å². The first-order chi connectivity index (χ1) is 8.58. The summed E-state index contributed by atoms with van der Waals surface area (Å²) in [5.74, 6) is -0.989. The highest BCUT2D eigenvalue weighted by Crippen LogP contribution is 2.38. The molecule has 0 amide bonds. The molecule has 1 N–H and O–H groups in total. The van der Waals surface area contributed by atoms with Crippen molar-refractivity contribution in [1.29, 1.82) is 0 Å². The van der Waals surface area contributed by atoms with Crippen LogP contribution in [0.25, 0.3) is 20.9 Å². The van der Waals surface area contributed by atoms with Crippen LogP contribution in [0.5, 0.6) is 0 Å². The lowest BCUT2D eigenvalue weighted by Gasteiger charge is -2.07. The molecule has 90 valence electrons. The van der Waals surface area contributed by atoms with E-state index in [2.05, 4.69) is 0 Å². The van der Waals surface area contributed by atoms with Crippen molar-refractivity contribution in [2.24, 2.45) is 0 Å². The van der Waals surface area contributed by atoms with E-state index in [9.17, 15) is 9.90 Å². The van der Waals surface area contributed by atoms with Gasteiger partial charge in [0.25, 0.3) is 0 Å². The molecule has 3 aromatic rings. The van der Waals surface area contributed by atoms with Gasteiger partial charge < -0.3 is 5.11 Å². The SMILES string of the molecule is O=C(O)c1cc2ccsc2c2cc(Cl)cc(Cl)c12. The fourth-order valence-electron chi connectivity index (χ4n) is 2.07. The Morgan fingerprint density at radius 2 is 2.00 bits per heavy atom. The van der Waals surface area contributed by atoms with Crippen LogP contribution in [0.2, 0.25) is 10.0 Å². The number of carboxylic acid groups (broad SMARTS) is 1. The van der Waals surface area contributed by atoms with E-state index in [4.69, 9.17) is 23.2 Å². The molecule has 2 aromatic carbocycles. The van der Waals surface area contributed by atoms with Gasteiger partial charge in [-0.3, -0.25) is 0 Å². The second-order valence-electron chi connectivity index (χ2n) is 3.88. The molecule has 0 radical (unpaired) electrons. The average molecular weight is 297 g/mol. The third kappa shape index (κ3) is 1.67. The van der Waals surface area contributed by atoms with E-state index >= 15 is 0 Å². The molecule has 0 fully saturated rings. The molecule has 5 heteroatoms. The van der Waals surface area contributed by atoms with Crippen LogP contribution in [0.1, 0.15) is 10.4 Å². The maximum absolute atomic E-state index is 11.3. The number of fused-ring (bicyclic) bond motifs is 3. The monoisotopic (exact) mass is 296 g/mol. The first-order valence-corrected chi connectivity index (χ1v) is 6.74. The number of benzene rings is 2. The van der Waals surface area contributed by atoms with Crippen LogP contribution in [0.3, 0.4) is 0 Å². The Hall–Kier alpha value is -1.29. The lowest BCUT2D eigenvalue weighted by molar-refractivity contribution is 0.0699. The summed E-state index contributed by atoms with van der Waals surface area (Å²) in [4.78, 5) is 11.3. The summed E-state index contributed by atoms with van der Waals surface area (Å²) < 4.78 is 0.999. The van der Waals surface area contributed by atoms with Gasteiger partial charge in [0.05, 0.1) is 10.6 Å². The molecule has 3 rings (SSSR count). The van der Waals surface area contributed by atoms with Crippen molar-refractivity contribution in [2.45, 2.75) is 0 Å². The predicted octanol–water partition coefficient (Wildman–Crippen LogP) is 5.06. The highest BCUT2D eigenvalue weighted by Gasteiger charge is 2.16. The van der Waals surface area contributed by atoms with E-state index in [0.29, 0.717) is 15.4 Å². The number of aromatic carboxylic acids is 1. The molecule has 1 aromatic heterocycles. The molecule has 1 heterocycles. The summed E-state index contributed by atoms with van der Waals surface area (Å²) in [6, 6.07) is 6.86. The van der Waals surface area contributed by atoms with Crippen LogP contribution in [-0.2, 0) is 0 Å². The van der Waals surface area contributed by atoms with Crippen molar-refractivity contribution >= 4 is 61.4 Å². The minimum Gasteiger partial charge on any atom is -0.478 e. The van der Waals surface area contributed by atoms with Crippen LogP contribution in [0.15, 0.2) is 29.6 Å². The summed E-state index contributed by atoms with van der Waals surface area (Å²) in [6.07, 6.45) is 0. The van der Waals surface area contributed by atoms with Gasteiger partial charge >= 0.3 is 5.97 Å². The first kappa shape index (κ1) is 11.8. The van der Waals surface area contributed by atoms with Crippen molar-refractivity contribution in [3.63, 3.8) is 0 Å². The van der Waals surface area contributed by atoms with Crippen LogP contribution in [0, 0.1) is 0 Å². The number of hydrogen-bond acceptors (Lipinski definition) is 2. The van der Waals surface area contributed by atoms with Gasteiger partial charge in [0, 0.05) is 20.5 Å². The molecular formula is C13H6Cl2O2S. The third-order valence-electron chi connectivity index (χ3n) is 2.79. The van der Waals surface area contributed by atoms with Gasteiger partial charge in [0.1, 0.15) is 0 Å². The summed E-state index contributed by atoms with van der Waals surface area (Å²) >= 11 is 13.7. The molecular weight excluding hydrogens is 291 g/mol. The Balaban J connectivity index is 2.63. The zero-order valence-electron chi connectivity index (χ0n) is 8.91. The third-order valence-corrected chi connectivity index (χ3v) is 4.27. The lowest BCUT2D eigenvalue weighted by Crippen LogP contribution is -1.98. The molecule has 0 atom stereocenters. The van der Waals surface area contributed by atoms with Crippen molar-refractivity contribution in [3.05, 3.63) is 45.3 Å². The molecule has 0 saturated heterocycles. The summed E-state index contributed by atoms with van der Waals surface area (Å²) in [5, 5.41) is 14.3. The van der Waals surface area contributed by atoms with E-state index in [1.165, 1.54) is 0 Å². The zero-order chi connectivity index (χ0) is 12.9. The largest absolute Gasteiger partial charge is 0.478 e. The van der Waals surface area contributed by atoms with Gasteiger partial charge in [0.2, 0.25) is 0 Å². The number of rotatable bonds is 1. The van der Waals surface area contributed by atoms with E-state index < -0.39 is 5.97 Å². The van der Waals surface area contributed by atoms with E-state index in [1.54, 1.807) is 29.5 Å². The lowest BCUT2D eigenvalue weighted by atomic mass is 10.0. The molecule has 0 aliphatic heterocycles. The molecule has 2 nitrogen and oxygen atoms in total. The zero-order valence-corrected chi connectivity index (χ0v) is 11.2. The van der Waals surface area contributed by atoms with Crippen LogP contribution in [0.4, 0.5) is 0 Å². The number of hydrogen-bond donors (Lipinski definition) is 1. The van der Waals surface area contributed by atoms with Crippen molar-refractivity contribution in [3.8, 4) is 0 Å². The first-order valence-electron chi connectivity index (χ1n) is 5.10. The molecule has 0 saturated carbocycles. The molecule has 0 bridgehead atoms. The quantitative estimate of drug-likeness (QED) is 0.681. The van der Waals surface area contributed by atoms with E-state index in [1.807, 2.05) is 11.4 Å². The molecule has 0 aliphatic carbocycles. The van der Waals surface area contributed by atoms with Gasteiger partial charge in [-0.05, 0) is 35.0 Å². The second kappa shape index (κ2) is 4.12. The Morgan fingerprint density at radius 1 is 1.22 bits per heavy atom. The van der Waals surface area contributed by atoms with E-state index in [0.717, 1.165) is 15.5 Å². The number of carboxylic acids is 1. The van der Waals surface area contributed by atoms with Crippen LogP contribution in [-0.4, -0.2) is 11.1 Å². The van der Waals surface area contributed by atoms with Crippen molar-refractivity contribution in [2.75, 3.05) is 0 Å². The average Bonchev–Trinajstić information content (AvgIpc) is 2.75. The predicted molar refractivity (Wildman–Crippen MR) is 76.3 cm³/mol. The van der Waals surface area contributed by atoms with Gasteiger partial charge in [-0.1, -0.05) is 23.2 Å². The van der Waals surface area contributed by atoms with Crippen molar-refractivity contribution < 1.29 is 9.90 Å².